The molecule has 0 saturated heterocycles. The first kappa shape index (κ1) is 31.0. The number of hydrogen-bond donors (Lipinski definition) is 3. The summed E-state index contributed by atoms with van der Waals surface area (Å²) in [6.45, 7) is 11.7. The van der Waals surface area contributed by atoms with Crippen LogP contribution in [-0.4, -0.2) is 37.3 Å². The van der Waals surface area contributed by atoms with Gasteiger partial charge in [-0.3, -0.25) is 4.79 Å². The fraction of sp³-hybridized carbons (Fsp3) is 0.400. The van der Waals surface area contributed by atoms with Gasteiger partial charge in [0.1, 0.15) is 18.0 Å². The number of alkyl carbamates (subject to hydrolysis) is 1. The van der Waals surface area contributed by atoms with Gasteiger partial charge in [0.05, 0.1) is 12.8 Å². The highest BCUT2D eigenvalue weighted by molar-refractivity contribution is 6.27. The molecule has 32 heavy (non-hydrogen) atoms. The molecular formula is C25H39N3O4. The molecule has 0 spiro atoms. The van der Waals surface area contributed by atoms with Gasteiger partial charge >= 0.3 is 6.09 Å². The van der Waals surface area contributed by atoms with E-state index < -0.39 is 17.5 Å². The zero-order valence-corrected chi connectivity index (χ0v) is 20.4. The number of Topliss-reactive ketones (excluding diaryl/α,β-unsaturated/α-hetero) is 1. The molecule has 0 saturated carbocycles. The van der Waals surface area contributed by atoms with Crippen LogP contribution in [0.2, 0.25) is 0 Å². The third kappa shape index (κ3) is 17.7. The fourth-order valence-electron chi connectivity index (χ4n) is 1.90. The molecule has 0 atom stereocenters. The van der Waals surface area contributed by atoms with Gasteiger partial charge in [-0.05, 0) is 52.4 Å². The van der Waals surface area contributed by atoms with Gasteiger partial charge in [0.25, 0.3) is 0 Å². The van der Waals surface area contributed by atoms with Gasteiger partial charge in [-0.25, -0.2) is 4.79 Å². The third-order valence-electron chi connectivity index (χ3n) is 3.24. The summed E-state index contributed by atoms with van der Waals surface area (Å²) < 4.78 is 10.5. The minimum absolute atomic E-state index is 0.196. The first-order valence-corrected chi connectivity index (χ1v) is 10.5. The minimum atomic E-state index is -0.650. The van der Waals surface area contributed by atoms with E-state index in [-0.39, 0.29) is 6.54 Å². The van der Waals surface area contributed by atoms with E-state index in [1.165, 1.54) is 18.2 Å². The van der Waals surface area contributed by atoms with Crippen LogP contribution in [0.4, 0.5) is 4.79 Å². The van der Waals surface area contributed by atoms with E-state index in [2.05, 4.69) is 42.2 Å². The van der Waals surface area contributed by atoms with E-state index in [0.717, 1.165) is 5.75 Å². The Balaban J connectivity index is 0. The van der Waals surface area contributed by atoms with Crippen molar-refractivity contribution < 1.29 is 19.1 Å². The highest BCUT2D eigenvalue weighted by atomic mass is 16.6. The lowest BCUT2D eigenvalue weighted by Gasteiger charge is -2.19. The number of nitrogens with one attached hydrogen (secondary N) is 2. The Kier molecular flexibility index (Phi) is 18.0. The first-order chi connectivity index (χ1) is 15.2. The van der Waals surface area contributed by atoms with Crippen LogP contribution in [-0.2, 0) is 16.1 Å². The van der Waals surface area contributed by atoms with Crippen LogP contribution in [0.3, 0.4) is 0 Å². The van der Waals surface area contributed by atoms with Gasteiger partial charge in [-0.15, -0.1) is 0 Å². The van der Waals surface area contributed by atoms with Gasteiger partial charge in [-0.2, -0.15) is 0 Å². The van der Waals surface area contributed by atoms with Gasteiger partial charge in [0, 0.05) is 0 Å². The smallest absolute Gasteiger partial charge is 0.408 e. The second kappa shape index (κ2) is 18.6. The zero-order valence-electron chi connectivity index (χ0n) is 20.4. The SMILES string of the molecule is CC.CC(C)(C)OC(=O)NCC(=O)C=N.CN.Cc1ccc(OCc2ccccc2)cc1. The minimum Gasteiger partial charge on any atom is -0.489 e. The average Bonchev–Trinajstić information content (AvgIpc) is 2.80. The number of ether oxygens (including phenoxy) is 2. The summed E-state index contributed by atoms with van der Waals surface area (Å²) in [7, 11) is 1.50. The Morgan fingerprint density at radius 2 is 1.53 bits per heavy atom. The van der Waals surface area contributed by atoms with Gasteiger partial charge in [0.2, 0.25) is 0 Å². The lowest BCUT2D eigenvalue weighted by molar-refractivity contribution is -0.111. The molecule has 0 aliphatic heterocycles. The molecule has 4 N–H and O–H groups in total. The zero-order chi connectivity index (χ0) is 25.0. The second-order valence-electron chi connectivity index (χ2n) is 7.05. The van der Waals surface area contributed by atoms with Crippen LogP contribution in [0.1, 0.15) is 45.7 Å². The monoisotopic (exact) mass is 445 g/mol. The molecule has 0 heterocycles. The van der Waals surface area contributed by atoms with Crippen molar-refractivity contribution in [3.63, 3.8) is 0 Å². The standard InChI is InChI=1S/C14H14O.C8H14N2O3.C2H6.CH5N/c1-12-7-9-14(10-8-12)15-11-13-5-3-2-4-6-13;1-8(2,3)13-7(12)10-5-6(11)4-9;2*1-2/h2-10H,11H2,1H3;4,9H,5H2,1-3H3,(H,10,12);1-2H3;2H2,1H3. The molecule has 7 nitrogen and oxygen atoms in total. The molecule has 0 aliphatic carbocycles. The van der Waals surface area contributed by atoms with E-state index in [0.29, 0.717) is 12.8 Å². The van der Waals surface area contributed by atoms with E-state index in [1.54, 1.807) is 20.8 Å². The molecular weight excluding hydrogens is 406 g/mol. The Labute approximate surface area is 192 Å². The fourth-order valence-corrected chi connectivity index (χ4v) is 1.90. The number of nitrogens with two attached hydrogens (primary N) is 1. The number of hydrogen-bond acceptors (Lipinski definition) is 6. The lowest BCUT2D eigenvalue weighted by Crippen LogP contribution is -2.35. The van der Waals surface area contributed by atoms with Crippen molar-refractivity contribution in [3.05, 3.63) is 65.7 Å². The van der Waals surface area contributed by atoms with Crippen molar-refractivity contribution in [2.45, 2.75) is 53.8 Å². The Hall–Kier alpha value is -3.19. The summed E-state index contributed by atoms with van der Waals surface area (Å²) >= 11 is 0. The maximum atomic E-state index is 10.9. The molecule has 2 aromatic carbocycles. The number of aryl methyl sites for hydroxylation is 1. The first-order valence-electron chi connectivity index (χ1n) is 10.5. The van der Waals surface area contributed by atoms with E-state index in [4.69, 9.17) is 14.9 Å². The van der Waals surface area contributed by atoms with E-state index >= 15 is 0 Å². The molecule has 2 rings (SSSR count). The maximum Gasteiger partial charge on any atom is 0.408 e. The second-order valence-corrected chi connectivity index (χ2v) is 7.05. The van der Waals surface area contributed by atoms with Crippen molar-refractivity contribution in [1.82, 2.24) is 5.32 Å². The van der Waals surface area contributed by atoms with Crippen molar-refractivity contribution >= 4 is 18.1 Å². The number of carbonyl (C=O) groups excluding carboxylic acids is 2. The highest BCUT2D eigenvalue weighted by Gasteiger charge is 2.15. The third-order valence-corrected chi connectivity index (χ3v) is 3.24. The van der Waals surface area contributed by atoms with Crippen LogP contribution in [0.5, 0.6) is 5.75 Å². The quantitative estimate of drug-likeness (QED) is 0.547. The normalized spacial score (nSPS) is 9.25. The summed E-state index contributed by atoms with van der Waals surface area (Å²) in [6.07, 6.45) is -0.000111. The number of ketones is 1. The number of amides is 1. The predicted molar refractivity (Wildman–Crippen MR) is 131 cm³/mol. The summed E-state index contributed by atoms with van der Waals surface area (Å²) in [4.78, 5) is 21.5. The highest BCUT2D eigenvalue weighted by Crippen LogP contribution is 2.13. The van der Waals surface area contributed by atoms with Gasteiger partial charge in [-0.1, -0.05) is 61.9 Å². The van der Waals surface area contributed by atoms with E-state index in [9.17, 15) is 9.59 Å². The molecule has 0 fully saturated rings. The Bertz CT molecular complexity index is 755. The van der Waals surface area contributed by atoms with E-state index in [1.807, 2.05) is 44.2 Å². The van der Waals surface area contributed by atoms with Crippen molar-refractivity contribution in [3.8, 4) is 5.75 Å². The van der Waals surface area contributed by atoms with Crippen molar-refractivity contribution in [2.24, 2.45) is 5.73 Å². The summed E-state index contributed by atoms with van der Waals surface area (Å²) in [5.41, 5.74) is 6.37. The summed E-state index contributed by atoms with van der Waals surface area (Å²) in [6, 6.07) is 18.3. The average molecular weight is 446 g/mol. The Morgan fingerprint density at radius 3 is 2.00 bits per heavy atom. The largest absolute Gasteiger partial charge is 0.489 e. The molecule has 0 radical (unpaired) electrons. The number of rotatable bonds is 6. The summed E-state index contributed by atoms with van der Waals surface area (Å²) in [5, 5.41) is 8.79. The molecule has 0 bridgehead atoms. The van der Waals surface area contributed by atoms with Crippen molar-refractivity contribution in [1.29, 1.82) is 5.41 Å². The van der Waals surface area contributed by atoms with Gasteiger partial charge in [0.15, 0.2) is 5.78 Å². The number of carbonyl (C=O) groups is 2. The number of benzene rings is 2. The van der Waals surface area contributed by atoms with Crippen LogP contribution in [0, 0.1) is 12.3 Å². The van der Waals surface area contributed by atoms with Crippen molar-refractivity contribution in [2.75, 3.05) is 13.6 Å². The van der Waals surface area contributed by atoms with Gasteiger partial charge < -0.3 is 25.9 Å². The summed E-state index contributed by atoms with van der Waals surface area (Å²) in [5.74, 6) is 0.454. The van der Waals surface area contributed by atoms with Crippen LogP contribution >= 0.6 is 0 Å². The molecule has 178 valence electrons. The van der Waals surface area contributed by atoms with Crippen LogP contribution in [0.15, 0.2) is 54.6 Å². The molecule has 0 aliphatic rings. The molecule has 1 amide bonds. The molecule has 0 unspecified atom stereocenters. The lowest BCUT2D eigenvalue weighted by atomic mass is 10.2. The molecule has 0 aromatic heterocycles. The molecule has 2 aromatic rings. The van der Waals surface area contributed by atoms with Crippen LogP contribution < -0.4 is 15.8 Å². The predicted octanol–water partition coefficient (Wildman–Crippen LogP) is 4.90. The molecule has 7 heteroatoms. The maximum absolute atomic E-state index is 10.9. The Morgan fingerprint density at radius 1 is 1.00 bits per heavy atom. The topological polar surface area (TPSA) is 114 Å². The van der Waals surface area contributed by atoms with Crippen LogP contribution in [0.25, 0.3) is 0 Å².